The van der Waals surface area contributed by atoms with Gasteiger partial charge >= 0.3 is 6.01 Å². The van der Waals surface area contributed by atoms with Crippen LogP contribution in [-0.2, 0) is 0 Å². The van der Waals surface area contributed by atoms with Crippen LogP contribution in [0.1, 0.15) is 0 Å². The fourth-order valence-electron chi connectivity index (χ4n) is 2.93. The lowest BCUT2D eigenvalue weighted by Crippen LogP contribution is -1.93. The number of halogens is 3. The van der Waals surface area contributed by atoms with Gasteiger partial charge in [0.05, 0.1) is 32.8 Å². The Morgan fingerprint density at radius 2 is 1.83 bits per heavy atom. The molecule has 0 aliphatic heterocycles. The van der Waals surface area contributed by atoms with E-state index in [-0.39, 0.29) is 6.01 Å². The van der Waals surface area contributed by atoms with E-state index in [9.17, 15) is 4.39 Å². The predicted molar refractivity (Wildman–Crippen MR) is 112 cm³/mol. The number of hydrogen-bond donors (Lipinski definition) is 2. The average Bonchev–Trinajstić information content (AvgIpc) is 3.36. The van der Waals surface area contributed by atoms with Crippen LogP contribution < -0.4 is 5.32 Å². The van der Waals surface area contributed by atoms with Crippen LogP contribution >= 0.6 is 23.2 Å². The van der Waals surface area contributed by atoms with Crippen molar-refractivity contribution in [3.63, 3.8) is 0 Å². The number of benzene rings is 2. The van der Waals surface area contributed by atoms with E-state index in [1.54, 1.807) is 18.2 Å². The maximum atomic E-state index is 13.0. The molecule has 0 spiro atoms. The number of nitrogens with one attached hydrogen (secondary N) is 2. The molecule has 0 unspecified atom stereocenters. The maximum absolute atomic E-state index is 13.0. The molecule has 0 atom stereocenters. The fraction of sp³-hybridized carbons (Fsp3) is 0. The molecule has 0 aliphatic carbocycles. The number of nitrogens with zero attached hydrogens (tertiary/aromatic N) is 4. The molecule has 5 rings (SSSR count). The Kier molecular flexibility index (Phi) is 4.57. The zero-order valence-electron chi connectivity index (χ0n) is 15.0. The van der Waals surface area contributed by atoms with Crippen LogP contribution in [0.3, 0.4) is 0 Å². The molecule has 0 bridgehead atoms. The summed E-state index contributed by atoms with van der Waals surface area (Å²) in [5.74, 6) is 0.815. The molecule has 0 fully saturated rings. The SMILES string of the molecule is Fc1ccc(Nc2nnc(-c3ccc4nc(-c5c(Cl)cccc5Cl)[nH]c4c3)o2)nc1. The number of aromatic amines is 1. The lowest BCUT2D eigenvalue weighted by atomic mass is 10.2. The lowest BCUT2D eigenvalue weighted by molar-refractivity contribution is 0.586. The summed E-state index contributed by atoms with van der Waals surface area (Å²) in [5, 5.41) is 11.8. The first kappa shape index (κ1) is 18.5. The summed E-state index contributed by atoms with van der Waals surface area (Å²) in [6.45, 7) is 0. The monoisotopic (exact) mass is 440 g/mol. The first-order valence-corrected chi connectivity index (χ1v) is 9.49. The first-order chi connectivity index (χ1) is 14.6. The molecule has 0 radical (unpaired) electrons. The van der Waals surface area contributed by atoms with E-state index in [0.717, 1.165) is 17.2 Å². The van der Waals surface area contributed by atoms with Crippen LogP contribution in [0.2, 0.25) is 10.0 Å². The zero-order valence-corrected chi connectivity index (χ0v) is 16.5. The average molecular weight is 441 g/mol. The van der Waals surface area contributed by atoms with Gasteiger partial charge < -0.3 is 9.40 Å². The van der Waals surface area contributed by atoms with Crippen LogP contribution in [-0.4, -0.2) is 25.1 Å². The largest absolute Gasteiger partial charge is 0.403 e. The molecule has 3 heterocycles. The van der Waals surface area contributed by atoms with Gasteiger partial charge in [0.25, 0.3) is 0 Å². The molecule has 0 saturated heterocycles. The minimum absolute atomic E-state index is 0.136. The third-order valence-electron chi connectivity index (χ3n) is 4.32. The standard InChI is InChI=1S/C20H11Cl2FN6O/c21-12-2-1-3-13(22)17(12)18-25-14-6-4-10(8-15(14)26-18)19-28-29-20(30-19)27-16-7-5-11(23)9-24-16/h1-9H,(H,25,26)(H,24,27,29). The number of rotatable bonds is 4. The quantitative estimate of drug-likeness (QED) is 0.363. The van der Waals surface area contributed by atoms with Gasteiger partial charge in [-0.1, -0.05) is 34.4 Å². The van der Waals surface area contributed by atoms with Gasteiger partial charge in [0.2, 0.25) is 5.89 Å². The summed E-state index contributed by atoms with van der Waals surface area (Å²) >= 11 is 12.6. The van der Waals surface area contributed by atoms with E-state index in [1.807, 2.05) is 18.2 Å². The van der Waals surface area contributed by atoms with Gasteiger partial charge in [-0.2, -0.15) is 0 Å². The molecule has 10 heteroatoms. The van der Waals surface area contributed by atoms with Gasteiger partial charge in [-0.25, -0.2) is 14.4 Å². The number of anilines is 2. The number of pyridine rings is 1. The predicted octanol–water partition coefficient (Wildman–Crippen LogP) is 5.86. The van der Waals surface area contributed by atoms with Gasteiger partial charge in [-0.05, 0) is 42.5 Å². The van der Waals surface area contributed by atoms with Crippen molar-refractivity contribution in [2.24, 2.45) is 0 Å². The summed E-state index contributed by atoms with van der Waals surface area (Å²) in [6, 6.07) is 13.6. The summed E-state index contributed by atoms with van der Waals surface area (Å²) in [4.78, 5) is 11.7. The van der Waals surface area contributed by atoms with E-state index in [1.165, 1.54) is 12.1 Å². The van der Waals surface area contributed by atoms with Gasteiger partial charge in [-0.3, -0.25) is 5.32 Å². The Balaban J connectivity index is 1.46. The fourth-order valence-corrected chi connectivity index (χ4v) is 3.51. The second kappa shape index (κ2) is 7.40. The normalized spacial score (nSPS) is 11.2. The second-order valence-electron chi connectivity index (χ2n) is 6.31. The number of imidazole rings is 1. The van der Waals surface area contributed by atoms with Crippen LogP contribution in [0.4, 0.5) is 16.2 Å². The second-order valence-corrected chi connectivity index (χ2v) is 7.13. The van der Waals surface area contributed by atoms with E-state index in [2.05, 4.69) is 30.5 Å². The van der Waals surface area contributed by atoms with Crippen molar-refractivity contribution in [2.45, 2.75) is 0 Å². The van der Waals surface area contributed by atoms with E-state index < -0.39 is 5.82 Å². The highest BCUT2D eigenvalue weighted by molar-refractivity contribution is 6.39. The molecular weight excluding hydrogens is 430 g/mol. The highest BCUT2D eigenvalue weighted by Gasteiger charge is 2.15. The smallest absolute Gasteiger partial charge is 0.321 e. The Morgan fingerprint density at radius 3 is 2.60 bits per heavy atom. The molecule has 2 aromatic carbocycles. The number of fused-ring (bicyclic) bond motifs is 1. The van der Waals surface area contributed by atoms with Gasteiger partial charge in [0, 0.05) is 5.56 Å². The zero-order chi connectivity index (χ0) is 20.7. The van der Waals surface area contributed by atoms with Crippen molar-refractivity contribution in [3.8, 4) is 22.8 Å². The van der Waals surface area contributed by atoms with Gasteiger partial charge in [0.15, 0.2) is 0 Å². The van der Waals surface area contributed by atoms with Crippen molar-refractivity contribution >= 4 is 46.1 Å². The first-order valence-electron chi connectivity index (χ1n) is 8.73. The molecule has 0 amide bonds. The maximum Gasteiger partial charge on any atom is 0.321 e. The molecule has 30 heavy (non-hydrogen) atoms. The molecule has 3 aromatic heterocycles. The topological polar surface area (TPSA) is 92.5 Å². The Morgan fingerprint density at radius 1 is 1.00 bits per heavy atom. The van der Waals surface area contributed by atoms with Crippen molar-refractivity contribution in [1.82, 2.24) is 25.1 Å². The van der Waals surface area contributed by atoms with Crippen LogP contribution in [0.25, 0.3) is 33.9 Å². The molecule has 5 aromatic rings. The van der Waals surface area contributed by atoms with E-state index in [0.29, 0.717) is 38.7 Å². The third-order valence-corrected chi connectivity index (χ3v) is 4.95. The summed E-state index contributed by atoms with van der Waals surface area (Å²) in [5.41, 5.74) is 2.81. The van der Waals surface area contributed by atoms with Crippen LogP contribution in [0.5, 0.6) is 0 Å². The Hall–Kier alpha value is -3.49. The van der Waals surface area contributed by atoms with Crippen molar-refractivity contribution in [3.05, 3.63) is 70.6 Å². The molecular formula is C20H11Cl2FN6O. The number of hydrogen-bond acceptors (Lipinski definition) is 6. The number of H-pyrrole nitrogens is 1. The highest BCUT2D eigenvalue weighted by Crippen LogP contribution is 2.34. The Bertz CT molecular complexity index is 1350. The Labute approximate surface area is 178 Å². The van der Waals surface area contributed by atoms with Crippen molar-refractivity contribution < 1.29 is 8.81 Å². The van der Waals surface area contributed by atoms with Crippen molar-refractivity contribution in [2.75, 3.05) is 5.32 Å². The molecule has 7 nitrogen and oxygen atoms in total. The van der Waals surface area contributed by atoms with E-state index in [4.69, 9.17) is 27.6 Å². The summed E-state index contributed by atoms with van der Waals surface area (Å²) in [7, 11) is 0. The highest BCUT2D eigenvalue weighted by atomic mass is 35.5. The molecule has 2 N–H and O–H groups in total. The molecule has 0 aliphatic rings. The minimum Gasteiger partial charge on any atom is -0.403 e. The minimum atomic E-state index is -0.433. The third kappa shape index (κ3) is 3.47. The van der Waals surface area contributed by atoms with Gasteiger partial charge in [-0.15, -0.1) is 5.10 Å². The van der Waals surface area contributed by atoms with Crippen molar-refractivity contribution in [1.29, 1.82) is 0 Å². The van der Waals surface area contributed by atoms with Gasteiger partial charge in [0.1, 0.15) is 17.5 Å². The molecule has 0 saturated carbocycles. The lowest BCUT2D eigenvalue weighted by Gasteiger charge is -2.02. The molecule has 148 valence electrons. The summed E-state index contributed by atoms with van der Waals surface area (Å²) in [6.07, 6.45) is 1.09. The van der Waals surface area contributed by atoms with Crippen LogP contribution in [0, 0.1) is 5.82 Å². The number of aromatic nitrogens is 5. The van der Waals surface area contributed by atoms with Crippen LogP contribution in [0.15, 0.2) is 59.1 Å². The van der Waals surface area contributed by atoms with E-state index >= 15 is 0 Å². The summed E-state index contributed by atoms with van der Waals surface area (Å²) < 4.78 is 18.6.